The van der Waals surface area contributed by atoms with Crippen molar-refractivity contribution in [3.63, 3.8) is 0 Å². The van der Waals surface area contributed by atoms with Crippen LogP contribution in [0.4, 0.5) is 0 Å². The molecule has 0 radical (unpaired) electrons. The molecule has 0 aliphatic rings. The summed E-state index contributed by atoms with van der Waals surface area (Å²) >= 11 is 0. The zero-order chi connectivity index (χ0) is 12.1. The largest absolute Gasteiger partial charge is 0.508 e. The number of benzene rings is 1. The van der Waals surface area contributed by atoms with Gasteiger partial charge in [0, 0.05) is 6.61 Å². The lowest BCUT2D eigenvalue weighted by Gasteiger charge is -2.21. The molecule has 2 N–H and O–H groups in total. The molecule has 1 unspecified atom stereocenters. The molecular weight excluding hydrogens is 208 g/mol. The van der Waals surface area contributed by atoms with Gasteiger partial charge in [0.15, 0.2) is 0 Å². The number of carbonyl (C=O) groups is 1. The molecule has 88 valence electrons. The van der Waals surface area contributed by atoms with Gasteiger partial charge in [0.1, 0.15) is 5.75 Å². The van der Waals surface area contributed by atoms with E-state index in [0.717, 1.165) is 5.56 Å². The van der Waals surface area contributed by atoms with Crippen LogP contribution < -0.4 is 0 Å². The summed E-state index contributed by atoms with van der Waals surface area (Å²) in [5.74, 6) is -1.36. The van der Waals surface area contributed by atoms with E-state index in [1.54, 1.807) is 19.1 Å². The van der Waals surface area contributed by atoms with Crippen molar-refractivity contribution in [2.24, 2.45) is 5.92 Å². The molecular formula is C12H16O4. The highest BCUT2D eigenvalue weighted by Crippen LogP contribution is 2.27. The van der Waals surface area contributed by atoms with Crippen molar-refractivity contribution in [1.29, 1.82) is 0 Å². The van der Waals surface area contributed by atoms with E-state index in [1.807, 2.05) is 6.92 Å². The van der Waals surface area contributed by atoms with Crippen molar-refractivity contribution < 1.29 is 19.7 Å². The molecule has 0 saturated heterocycles. The second kappa shape index (κ2) is 5.51. The predicted octanol–water partition coefficient (Wildman–Crippen LogP) is 2.19. The number of phenols is 1. The fourth-order valence-corrected chi connectivity index (χ4v) is 1.50. The summed E-state index contributed by atoms with van der Waals surface area (Å²) in [6.45, 7) is 3.88. The van der Waals surface area contributed by atoms with Crippen LogP contribution in [-0.4, -0.2) is 22.8 Å². The van der Waals surface area contributed by atoms with Gasteiger partial charge >= 0.3 is 5.97 Å². The molecule has 0 aromatic heterocycles. The first-order chi connectivity index (χ1) is 7.56. The number of hydrogen-bond acceptors (Lipinski definition) is 3. The van der Waals surface area contributed by atoms with Gasteiger partial charge < -0.3 is 14.9 Å². The topological polar surface area (TPSA) is 66.8 Å². The monoisotopic (exact) mass is 224 g/mol. The molecule has 0 bridgehead atoms. The number of rotatable bonds is 5. The summed E-state index contributed by atoms with van der Waals surface area (Å²) in [6.07, 6.45) is -0.483. The first kappa shape index (κ1) is 12.5. The highest BCUT2D eigenvalue weighted by atomic mass is 16.5. The average molecular weight is 224 g/mol. The summed E-state index contributed by atoms with van der Waals surface area (Å²) in [5.41, 5.74) is 0.759. The first-order valence-corrected chi connectivity index (χ1v) is 5.19. The zero-order valence-corrected chi connectivity index (χ0v) is 9.38. The van der Waals surface area contributed by atoms with Gasteiger partial charge in [-0.05, 0) is 31.5 Å². The van der Waals surface area contributed by atoms with Crippen LogP contribution in [0.15, 0.2) is 24.3 Å². The molecule has 0 heterocycles. The molecule has 0 aliphatic heterocycles. The van der Waals surface area contributed by atoms with Crippen LogP contribution in [0, 0.1) is 5.92 Å². The van der Waals surface area contributed by atoms with Gasteiger partial charge in [-0.2, -0.15) is 0 Å². The van der Waals surface area contributed by atoms with E-state index in [4.69, 9.17) is 14.9 Å². The van der Waals surface area contributed by atoms with Crippen LogP contribution in [0.25, 0.3) is 0 Å². The molecule has 0 aliphatic carbocycles. The third-order valence-electron chi connectivity index (χ3n) is 2.41. The zero-order valence-electron chi connectivity index (χ0n) is 9.38. The molecule has 1 aromatic carbocycles. The van der Waals surface area contributed by atoms with Crippen LogP contribution in [-0.2, 0) is 9.53 Å². The standard InChI is InChI=1S/C12H16O4/c1-3-16-11(8(2)12(14)15)9-4-6-10(13)7-5-9/h4-8,11,13H,3H2,1-2H3,(H,14,15)/t8?,11-/m0/s1. The Kier molecular flexibility index (Phi) is 4.31. The van der Waals surface area contributed by atoms with Gasteiger partial charge in [-0.1, -0.05) is 12.1 Å². The van der Waals surface area contributed by atoms with Crippen molar-refractivity contribution in [2.45, 2.75) is 20.0 Å². The molecule has 2 atom stereocenters. The molecule has 4 heteroatoms. The number of aromatic hydroxyl groups is 1. The smallest absolute Gasteiger partial charge is 0.309 e. The quantitative estimate of drug-likeness (QED) is 0.804. The highest BCUT2D eigenvalue weighted by Gasteiger charge is 2.25. The number of ether oxygens (including phenoxy) is 1. The fourth-order valence-electron chi connectivity index (χ4n) is 1.50. The highest BCUT2D eigenvalue weighted by molar-refractivity contribution is 5.70. The summed E-state index contributed by atoms with van der Waals surface area (Å²) < 4.78 is 5.43. The summed E-state index contributed by atoms with van der Waals surface area (Å²) in [5, 5.41) is 18.1. The minimum absolute atomic E-state index is 0.155. The number of hydrogen-bond donors (Lipinski definition) is 2. The third kappa shape index (κ3) is 2.97. The molecule has 0 spiro atoms. The van der Waals surface area contributed by atoms with Crippen molar-refractivity contribution in [2.75, 3.05) is 6.61 Å². The Morgan fingerprint density at radius 1 is 1.38 bits per heavy atom. The van der Waals surface area contributed by atoms with E-state index in [0.29, 0.717) is 6.61 Å². The van der Waals surface area contributed by atoms with Crippen LogP contribution in [0.2, 0.25) is 0 Å². The predicted molar refractivity (Wildman–Crippen MR) is 59.3 cm³/mol. The van der Waals surface area contributed by atoms with E-state index >= 15 is 0 Å². The van der Waals surface area contributed by atoms with E-state index in [-0.39, 0.29) is 5.75 Å². The van der Waals surface area contributed by atoms with Gasteiger partial charge in [0.05, 0.1) is 12.0 Å². The average Bonchev–Trinajstić information content (AvgIpc) is 2.26. The van der Waals surface area contributed by atoms with Gasteiger partial charge in [0.2, 0.25) is 0 Å². The van der Waals surface area contributed by atoms with Gasteiger partial charge in [-0.25, -0.2) is 0 Å². The lowest BCUT2D eigenvalue weighted by atomic mass is 9.97. The Labute approximate surface area is 94.5 Å². The number of phenolic OH excluding ortho intramolecular Hbond substituents is 1. The molecule has 16 heavy (non-hydrogen) atoms. The van der Waals surface area contributed by atoms with Gasteiger partial charge in [-0.15, -0.1) is 0 Å². The normalized spacial score (nSPS) is 14.4. The molecule has 0 saturated carbocycles. The van der Waals surface area contributed by atoms with Crippen LogP contribution in [0.1, 0.15) is 25.5 Å². The Morgan fingerprint density at radius 2 is 1.94 bits per heavy atom. The Hall–Kier alpha value is -1.55. The van der Waals surface area contributed by atoms with Gasteiger partial charge in [0.25, 0.3) is 0 Å². The maximum Gasteiger partial charge on any atom is 0.309 e. The third-order valence-corrected chi connectivity index (χ3v) is 2.41. The van der Waals surface area contributed by atoms with Gasteiger partial charge in [-0.3, -0.25) is 4.79 Å². The van der Waals surface area contributed by atoms with Crippen molar-refractivity contribution in [3.8, 4) is 5.75 Å². The Bertz CT molecular complexity index is 345. The second-order valence-electron chi connectivity index (χ2n) is 3.59. The minimum atomic E-state index is -0.897. The number of carboxylic acids is 1. The van der Waals surface area contributed by atoms with E-state index in [9.17, 15) is 4.79 Å². The van der Waals surface area contributed by atoms with Crippen molar-refractivity contribution in [3.05, 3.63) is 29.8 Å². The Morgan fingerprint density at radius 3 is 2.38 bits per heavy atom. The molecule has 1 aromatic rings. The molecule has 4 nitrogen and oxygen atoms in total. The van der Waals surface area contributed by atoms with Crippen molar-refractivity contribution >= 4 is 5.97 Å². The summed E-state index contributed by atoms with van der Waals surface area (Å²) in [4.78, 5) is 10.9. The van der Waals surface area contributed by atoms with E-state index in [1.165, 1.54) is 12.1 Å². The van der Waals surface area contributed by atoms with Crippen LogP contribution in [0.3, 0.4) is 0 Å². The second-order valence-corrected chi connectivity index (χ2v) is 3.59. The molecule has 0 fully saturated rings. The minimum Gasteiger partial charge on any atom is -0.508 e. The number of carboxylic acid groups (broad SMARTS) is 1. The summed E-state index contributed by atoms with van der Waals surface area (Å²) in [7, 11) is 0. The lowest BCUT2D eigenvalue weighted by Crippen LogP contribution is -2.21. The maximum absolute atomic E-state index is 10.9. The SMILES string of the molecule is CCO[C@H](c1ccc(O)cc1)C(C)C(=O)O. The Balaban J connectivity index is 2.92. The summed E-state index contributed by atoms with van der Waals surface area (Å²) in [6, 6.07) is 6.40. The number of aliphatic carboxylic acids is 1. The van der Waals surface area contributed by atoms with Crippen molar-refractivity contribution in [1.82, 2.24) is 0 Å². The van der Waals surface area contributed by atoms with E-state index < -0.39 is 18.0 Å². The maximum atomic E-state index is 10.9. The lowest BCUT2D eigenvalue weighted by molar-refractivity contribution is -0.146. The van der Waals surface area contributed by atoms with Crippen LogP contribution >= 0.6 is 0 Å². The molecule has 0 amide bonds. The first-order valence-electron chi connectivity index (χ1n) is 5.19. The van der Waals surface area contributed by atoms with E-state index in [2.05, 4.69) is 0 Å². The van der Waals surface area contributed by atoms with Crippen LogP contribution in [0.5, 0.6) is 5.75 Å². The molecule has 1 rings (SSSR count). The fraction of sp³-hybridized carbons (Fsp3) is 0.417.